The van der Waals surface area contributed by atoms with Crippen molar-refractivity contribution < 1.29 is 29.0 Å². The lowest BCUT2D eigenvalue weighted by atomic mass is 9.85. The lowest BCUT2D eigenvalue weighted by Gasteiger charge is -2.37. The average molecular weight is 602 g/mol. The molecule has 0 radical (unpaired) electrons. The fourth-order valence-corrected chi connectivity index (χ4v) is 6.11. The molecule has 3 amide bonds. The van der Waals surface area contributed by atoms with E-state index in [1.165, 1.54) is 4.90 Å². The summed E-state index contributed by atoms with van der Waals surface area (Å²) in [4.78, 5) is 49.3. The molecule has 0 aliphatic carbocycles. The fourth-order valence-electron chi connectivity index (χ4n) is 5.30. The number of aliphatic hydroxyl groups excluding tert-OH is 1. The van der Waals surface area contributed by atoms with Crippen LogP contribution in [0.4, 0.5) is 0 Å². The molecule has 1 aromatic heterocycles. The number of ether oxygens (including phenoxy) is 2. The van der Waals surface area contributed by atoms with Gasteiger partial charge in [-0.05, 0) is 23.5 Å². The van der Waals surface area contributed by atoms with E-state index in [1.54, 1.807) is 18.4 Å². The zero-order valence-electron chi connectivity index (χ0n) is 25.1. The van der Waals surface area contributed by atoms with E-state index in [1.807, 2.05) is 57.5 Å². The van der Waals surface area contributed by atoms with Crippen LogP contribution in [0, 0.1) is 12.3 Å². The van der Waals surface area contributed by atoms with Crippen molar-refractivity contribution in [2.75, 3.05) is 46.5 Å². The summed E-state index contributed by atoms with van der Waals surface area (Å²) in [5.41, 5.74) is 4.13. The number of aliphatic hydroxyl groups is 1. The second-order valence-electron chi connectivity index (χ2n) is 12.0. The Hall–Kier alpha value is -2.90. The first-order chi connectivity index (χ1) is 20.0. The van der Waals surface area contributed by atoms with E-state index in [0.717, 1.165) is 21.7 Å². The number of morpholine rings is 1. The largest absolute Gasteiger partial charge is 0.391 e. The van der Waals surface area contributed by atoms with Crippen LogP contribution < -0.4 is 10.6 Å². The molecule has 2 fully saturated rings. The van der Waals surface area contributed by atoms with Gasteiger partial charge in [0, 0.05) is 46.3 Å². The number of nitrogens with zero attached hydrogens (tertiary/aromatic N) is 3. The van der Waals surface area contributed by atoms with Crippen LogP contribution in [0.25, 0.3) is 10.4 Å². The van der Waals surface area contributed by atoms with Crippen LogP contribution in [-0.2, 0) is 30.4 Å². The van der Waals surface area contributed by atoms with Gasteiger partial charge in [-0.15, -0.1) is 11.3 Å². The molecule has 2 aliphatic rings. The van der Waals surface area contributed by atoms with Gasteiger partial charge in [-0.25, -0.2) is 4.98 Å². The second-order valence-corrected chi connectivity index (χ2v) is 12.9. The van der Waals surface area contributed by atoms with Gasteiger partial charge in [-0.2, -0.15) is 0 Å². The number of β-amino-alcohol motifs (C(OH)–C–C–N with tert-alkyl or cyclic N) is 1. The van der Waals surface area contributed by atoms with Crippen LogP contribution in [0.3, 0.4) is 0 Å². The molecule has 12 heteroatoms. The number of methoxy groups -OCH3 is 1. The molecule has 2 saturated heterocycles. The Kier molecular flexibility index (Phi) is 10.7. The molecule has 3 heterocycles. The van der Waals surface area contributed by atoms with E-state index in [0.29, 0.717) is 32.8 Å². The molecule has 2 unspecified atom stereocenters. The molecule has 3 N–H and O–H groups in total. The topological polar surface area (TPSA) is 133 Å². The zero-order chi connectivity index (χ0) is 30.4. The summed E-state index contributed by atoms with van der Waals surface area (Å²) >= 11 is 1.58. The number of amides is 3. The average Bonchev–Trinajstić information content (AvgIpc) is 3.58. The number of thiazole rings is 1. The second kappa shape index (κ2) is 14.0. The Morgan fingerprint density at radius 1 is 1.19 bits per heavy atom. The summed E-state index contributed by atoms with van der Waals surface area (Å²) in [7, 11) is 1.63. The van der Waals surface area contributed by atoms with Crippen LogP contribution >= 0.6 is 11.3 Å². The van der Waals surface area contributed by atoms with E-state index in [9.17, 15) is 19.5 Å². The molecule has 4 atom stereocenters. The third-order valence-corrected chi connectivity index (χ3v) is 8.72. The smallest absolute Gasteiger partial charge is 0.251 e. The van der Waals surface area contributed by atoms with Crippen LogP contribution in [0.5, 0.6) is 0 Å². The molecule has 0 bridgehead atoms. The maximum atomic E-state index is 13.9. The number of carbonyl (C=O) groups excluding carboxylic acids is 3. The molecular weight excluding hydrogens is 558 g/mol. The van der Waals surface area contributed by atoms with E-state index in [4.69, 9.17) is 9.47 Å². The van der Waals surface area contributed by atoms with Crippen molar-refractivity contribution in [3.05, 3.63) is 41.0 Å². The maximum Gasteiger partial charge on any atom is 0.251 e. The minimum Gasteiger partial charge on any atom is -0.391 e. The maximum absolute atomic E-state index is 13.9. The minimum atomic E-state index is -0.911. The number of likely N-dealkylation sites (tertiary alicyclic amines) is 1. The Labute approximate surface area is 251 Å². The SMILES string of the molecule is COCCN1CCOC(C(=O)NC(C(=O)N2C[C@H](O)C[C@H]2C(=O)NCc2ccc(-c3scnc3C)cc2)C(C)(C)C)C1. The van der Waals surface area contributed by atoms with Crippen molar-refractivity contribution in [1.29, 1.82) is 0 Å². The van der Waals surface area contributed by atoms with Gasteiger partial charge in [0.05, 0.1) is 35.4 Å². The Balaban J connectivity index is 1.39. The standard InChI is InChI=1S/C30H43N5O6S/c1-19-25(42-18-32-19)21-8-6-20(7-9-21)15-31-27(37)23-14-22(36)16-35(23)29(39)26(30(2,3)4)33-28(38)24-17-34(10-12-40-5)11-13-41-24/h6-9,18,22-24,26,36H,10-17H2,1-5H3,(H,31,37)(H,33,38)/t22-,23+,24?,26?/m1/s1. The van der Waals surface area contributed by atoms with E-state index in [-0.39, 0.29) is 31.3 Å². The number of rotatable bonds is 10. The summed E-state index contributed by atoms with van der Waals surface area (Å²) in [6.45, 7) is 10.6. The fraction of sp³-hybridized carbons (Fsp3) is 0.600. The summed E-state index contributed by atoms with van der Waals surface area (Å²) in [6, 6.07) is 6.16. The summed E-state index contributed by atoms with van der Waals surface area (Å²) < 4.78 is 10.9. The number of hydrogen-bond acceptors (Lipinski definition) is 9. The van der Waals surface area contributed by atoms with Gasteiger partial charge in [-0.1, -0.05) is 45.0 Å². The first-order valence-corrected chi connectivity index (χ1v) is 15.2. The predicted octanol–water partition coefficient (Wildman–Crippen LogP) is 1.57. The van der Waals surface area contributed by atoms with Crippen molar-refractivity contribution in [1.82, 2.24) is 25.4 Å². The highest BCUT2D eigenvalue weighted by molar-refractivity contribution is 7.13. The first kappa shape index (κ1) is 32.0. The van der Waals surface area contributed by atoms with Gasteiger partial charge >= 0.3 is 0 Å². The molecule has 1 aromatic carbocycles. The van der Waals surface area contributed by atoms with Crippen LogP contribution in [0.2, 0.25) is 0 Å². The predicted molar refractivity (Wildman–Crippen MR) is 160 cm³/mol. The molecule has 42 heavy (non-hydrogen) atoms. The minimum absolute atomic E-state index is 0.0208. The third kappa shape index (κ3) is 7.93. The Morgan fingerprint density at radius 2 is 1.93 bits per heavy atom. The molecule has 0 spiro atoms. The Morgan fingerprint density at radius 3 is 2.57 bits per heavy atom. The van der Waals surface area contributed by atoms with E-state index in [2.05, 4.69) is 20.5 Å². The molecule has 11 nitrogen and oxygen atoms in total. The lowest BCUT2D eigenvalue weighted by molar-refractivity contribution is -0.148. The molecule has 4 rings (SSSR count). The quantitative estimate of drug-likeness (QED) is 0.374. The number of aryl methyl sites for hydroxylation is 1. The monoisotopic (exact) mass is 601 g/mol. The van der Waals surface area contributed by atoms with Crippen LogP contribution in [-0.4, -0.2) is 108 Å². The van der Waals surface area contributed by atoms with Crippen molar-refractivity contribution >= 4 is 29.1 Å². The van der Waals surface area contributed by atoms with Crippen molar-refractivity contribution in [2.45, 2.75) is 65.0 Å². The van der Waals surface area contributed by atoms with Crippen molar-refractivity contribution in [3.8, 4) is 10.4 Å². The highest BCUT2D eigenvalue weighted by Crippen LogP contribution is 2.28. The summed E-state index contributed by atoms with van der Waals surface area (Å²) in [5, 5.41) is 16.3. The molecule has 2 aromatic rings. The number of benzene rings is 1. The van der Waals surface area contributed by atoms with Crippen molar-refractivity contribution in [2.24, 2.45) is 5.41 Å². The van der Waals surface area contributed by atoms with Crippen LogP contribution in [0.1, 0.15) is 38.4 Å². The molecule has 0 saturated carbocycles. The van der Waals surface area contributed by atoms with Gasteiger partial charge in [0.15, 0.2) is 0 Å². The lowest BCUT2D eigenvalue weighted by Crippen LogP contribution is -2.60. The van der Waals surface area contributed by atoms with Crippen molar-refractivity contribution in [3.63, 3.8) is 0 Å². The van der Waals surface area contributed by atoms with Crippen LogP contribution in [0.15, 0.2) is 29.8 Å². The number of hydrogen-bond donors (Lipinski definition) is 3. The van der Waals surface area contributed by atoms with E-state index < -0.39 is 35.6 Å². The summed E-state index contributed by atoms with van der Waals surface area (Å²) in [5.74, 6) is -1.11. The van der Waals surface area contributed by atoms with Gasteiger partial charge in [-0.3, -0.25) is 19.3 Å². The van der Waals surface area contributed by atoms with Gasteiger partial charge in [0.2, 0.25) is 11.8 Å². The zero-order valence-corrected chi connectivity index (χ0v) is 25.9. The number of aromatic nitrogens is 1. The summed E-state index contributed by atoms with van der Waals surface area (Å²) in [6.07, 6.45) is -1.42. The highest BCUT2D eigenvalue weighted by atomic mass is 32.1. The molecular formula is C30H43N5O6S. The third-order valence-electron chi connectivity index (χ3n) is 7.75. The van der Waals surface area contributed by atoms with Gasteiger partial charge in [0.25, 0.3) is 5.91 Å². The normalized spacial score (nSPS) is 22.1. The number of nitrogens with one attached hydrogen (secondary N) is 2. The van der Waals surface area contributed by atoms with Gasteiger partial charge in [0.1, 0.15) is 18.2 Å². The molecule has 2 aliphatic heterocycles. The highest BCUT2D eigenvalue weighted by Gasteiger charge is 2.45. The van der Waals surface area contributed by atoms with Gasteiger partial charge < -0.3 is 30.1 Å². The number of carbonyl (C=O) groups is 3. The van der Waals surface area contributed by atoms with E-state index >= 15 is 0 Å². The first-order valence-electron chi connectivity index (χ1n) is 14.4. The Bertz CT molecular complexity index is 1230. The molecule has 230 valence electrons.